The Kier molecular flexibility index (Phi) is 5.28. The summed E-state index contributed by atoms with van der Waals surface area (Å²) < 4.78 is 48.7. The monoisotopic (exact) mass is 486 g/mol. The highest BCUT2D eigenvalue weighted by atomic mass is 32.1. The van der Waals surface area contributed by atoms with Crippen LogP contribution in [0.4, 0.5) is 13.2 Å². The van der Waals surface area contributed by atoms with Gasteiger partial charge in [0.15, 0.2) is 0 Å². The van der Waals surface area contributed by atoms with Gasteiger partial charge in [-0.05, 0) is 46.8 Å². The summed E-state index contributed by atoms with van der Waals surface area (Å²) in [6, 6.07) is 13.5. The molecule has 0 saturated heterocycles. The number of benzene rings is 2. The first-order valence-electron chi connectivity index (χ1n) is 10.1. The molecule has 0 aliphatic heterocycles. The fraction of sp³-hybridized carbons (Fsp3) is 0.174. The number of ether oxygens (including phenoxy) is 1. The summed E-state index contributed by atoms with van der Waals surface area (Å²) >= 11 is 1.21. The number of nitrogens with zero attached hydrogens (tertiary/aromatic N) is 4. The van der Waals surface area contributed by atoms with Gasteiger partial charge in [0.1, 0.15) is 10.4 Å². The number of rotatable bonds is 5. The summed E-state index contributed by atoms with van der Waals surface area (Å²) in [6.45, 7) is -0.0209. The van der Waals surface area contributed by atoms with Gasteiger partial charge in [0.05, 0.1) is 31.3 Å². The highest BCUT2D eigenvalue weighted by molar-refractivity contribution is 7.17. The third-order valence-corrected chi connectivity index (χ3v) is 6.37. The molecule has 0 N–H and O–H groups in total. The zero-order valence-electron chi connectivity index (χ0n) is 17.7. The predicted molar refractivity (Wildman–Crippen MR) is 122 cm³/mol. The Bertz CT molecular complexity index is 1630. The van der Waals surface area contributed by atoms with Gasteiger partial charge in [-0.1, -0.05) is 24.3 Å². The predicted octanol–water partition coefficient (Wildman–Crippen LogP) is 4.00. The highest BCUT2D eigenvalue weighted by Crippen LogP contribution is 2.29. The van der Waals surface area contributed by atoms with Crippen LogP contribution in [0.2, 0.25) is 0 Å². The molecule has 0 fully saturated rings. The molecule has 0 atom stereocenters. The van der Waals surface area contributed by atoms with Crippen LogP contribution in [0.5, 0.6) is 5.75 Å². The van der Waals surface area contributed by atoms with Gasteiger partial charge in [0.25, 0.3) is 5.56 Å². The van der Waals surface area contributed by atoms with Gasteiger partial charge in [-0.3, -0.25) is 9.36 Å². The van der Waals surface area contributed by atoms with E-state index >= 15 is 0 Å². The Balaban J connectivity index is 1.65. The Morgan fingerprint density at radius 3 is 2.47 bits per heavy atom. The molecule has 7 nitrogen and oxygen atoms in total. The first-order valence-corrected chi connectivity index (χ1v) is 11.0. The Hall–Kier alpha value is -3.86. The van der Waals surface area contributed by atoms with Crippen LogP contribution in [0.25, 0.3) is 16.0 Å². The Morgan fingerprint density at radius 2 is 1.76 bits per heavy atom. The van der Waals surface area contributed by atoms with Gasteiger partial charge in [-0.15, -0.1) is 16.4 Å². The van der Waals surface area contributed by atoms with E-state index in [0.29, 0.717) is 16.0 Å². The first-order chi connectivity index (χ1) is 16.3. The minimum absolute atomic E-state index is 0.115. The third kappa shape index (κ3) is 3.77. The Morgan fingerprint density at radius 1 is 1.00 bits per heavy atom. The number of methoxy groups -OCH3 is 1. The lowest BCUT2D eigenvalue weighted by molar-refractivity contribution is -0.137. The SMILES string of the molecule is COc1ccc(Cn2c(=O)c3sccc3n3c(=O)n(Cc4cccc(C(F)(F)F)c4)nc23)cc1. The maximum atomic E-state index is 13.2. The first kappa shape index (κ1) is 22.0. The van der Waals surface area contributed by atoms with Gasteiger partial charge in [-0.2, -0.15) is 13.2 Å². The van der Waals surface area contributed by atoms with Crippen LogP contribution in [0, 0.1) is 0 Å². The molecule has 34 heavy (non-hydrogen) atoms. The van der Waals surface area contributed by atoms with Crippen molar-refractivity contribution in [2.45, 2.75) is 19.3 Å². The molecule has 0 aliphatic rings. The van der Waals surface area contributed by atoms with Crippen molar-refractivity contribution < 1.29 is 17.9 Å². The molecule has 0 radical (unpaired) electrons. The molecular formula is C23H17F3N4O3S. The van der Waals surface area contributed by atoms with Crippen LogP contribution >= 0.6 is 11.3 Å². The minimum atomic E-state index is -4.50. The topological polar surface area (TPSA) is 70.5 Å². The van der Waals surface area contributed by atoms with Crippen LogP contribution in [-0.4, -0.2) is 25.9 Å². The molecular weight excluding hydrogens is 469 g/mol. The quantitative estimate of drug-likeness (QED) is 0.377. The second-order valence-electron chi connectivity index (χ2n) is 7.65. The van der Waals surface area contributed by atoms with Crippen molar-refractivity contribution in [3.63, 3.8) is 0 Å². The minimum Gasteiger partial charge on any atom is -0.497 e. The molecule has 3 aromatic heterocycles. The Labute approximate surface area is 193 Å². The van der Waals surface area contributed by atoms with Crippen molar-refractivity contribution >= 4 is 27.3 Å². The smallest absolute Gasteiger partial charge is 0.416 e. The molecule has 5 aromatic rings. The van der Waals surface area contributed by atoms with Gasteiger partial charge in [0, 0.05) is 0 Å². The molecule has 0 spiro atoms. The second-order valence-corrected chi connectivity index (χ2v) is 8.56. The number of hydrogen-bond donors (Lipinski definition) is 0. The summed E-state index contributed by atoms with van der Waals surface area (Å²) in [5, 5.41) is 6.06. The number of halogens is 3. The van der Waals surface area contributed by atoms with E-state index in [2.05, 4.69) is 5.10 Å². The van der Waals surface area contributed by atoms with E-state index in [0.717, 1.165) is 22.4 Å². The van der Waals surface area contributed by atoms with E-state index in [1.54, 1.807) is 42.8 Å². The number of aromatic nitrogens is 4. The standard InChI is InChI=1S/C23H17F3N4O3S/c1-33-17-7-5-14(6-8-17)12-28-20(31)19-18(9-10-34-19)30-21(28)27-29(22(30)32)13-15-3-2-4-16(11-15)23(24,25)26/h2-11H,12-13H2,1H3. The summed E-state index contributed by atoms with van der Waals surface area (Å²) in [6.07, 6.45) is -4.50. The van der Waals surface area contributed by atoms with E-state index < -0.39 is 17.4 Å². The van der Waals surface area contributed by atoms with Crippen molar-refractivity contribution in [1.29, 1.82) is 0 Å². The van der Waals surface area contributed by atoms with Crippen LogP contribution < -0.4 is 16.0 Å². The van der Waals surface area contributed by atoms with Crippen molar-refractivity contribution in [3.8, 4) is 5.75 Å². The molecule has 0 unspecified atom stereocenters. The van der Waals surface area contributed by atoms with Crippen LogP contribution in [0.1, 0.15) is 16.7 Å². The van der Waals surface area contributed by atoms with E-state index in [-0.39, 0.29) is 30.0 Å². The summed E-state index contributed by atoms with van der Waals surface area (Å²) in [4.78, 5) is 26.5. The van der Waals surface area contributed by atoms with Gasteiger partial charge < -0.3 is 4.74 Å². The van der Waals surface area contributed by atoms with Crippen molar-refractivity contribution in [2.24, 2.45) is 0 Å². The average molecular weight is 486 g/mol. The van der Waals surface area contributed by atoms with Crippen LogP contribution in [-0.2, 0) is 19.3 Å². The number of fused-ring (bicyclic) bond motifs is 3. The average Bonchev–Trinajstić information content (AvgIpc) is 3.42. The molecule has 2 aromatic carbocycles. The lowest BCUT2D eigenvalue weighted by Gasteiger charge is -2.09. The van der Waals surface area contributed by atoms with E-state index in [9.17, 15) is 22.8 Å². The van der Waals surface area contributed by atoms with Crippen LogP contribution in [0.3, 0.4) is 0 Å². The van der Waals surface area contributed by atoms with E-state index in [1.807, 2.05) is 0 Å². The van der Waals surface area contributed by atoms with Crippen molar-refractivity contribution in [3.05, 3.63) is 97.5 Å². The third-order valence-electron chi connectivity index (χ3n) is 5.47. The van der Waals surface area contributed by atoms with Crippen molar-refractivity contribution in [1.82, 2.24) is 18.7 Å². The number of thiophene rings is 1. The van der Waals surface area contributed by atoms with Gasteiger partial charge >= 0.3 is 11.9 Å². The van der Waals surface area contributed by atoms with E-state index in [1.165, 1.54) is 32.4 Å². The summed E-state index contributed by atoms with van der Waals surface area (Å²) in [5.41, 5.74) is -0.176. The zero-order chi connectivity index (χ0) is 24.0. The summed E-state index contributed by atoms with van der Waals surface area (Å²) in [7, 11) is 1.55. The molecule has 0 saturated carbocycles. The van der Waals surface area contributed by atoms with Gasteiger partial charge in [0.2, 0.25) is 5.78 Å². The number of hydrogen-bond acceptors (Lipinski definition) is 5. The maximum Gasteiger partial charge on any atom is 0.416 e. The molecule has 0 bridgehead atoms. The van der Waals surface area contributed by atoms with Crippen LogP contribution in [0.15, 0.2) is 69.6 Å². The lowest BCUT2D eigenvalue weighted by atomic mass is 10.1. The maximum absolute atomic E-state index is 13.2. The molecule has 0 aliphatic carbocycles. The normalized spacial score (nSPS) is 12.0. The molecule has 3 heterocycles. The number of alkyl halides is 3. The van der Waals surface area contributed by atoms with Crippen molar-refractivity contribution in [2.75, 3.05) is 7.11 Å². The fourth-order valence-corrected chi connectivity index (χ4v) is 4.64. The fourth-order valence-electron chi connectivity index (χ4n) is 3.81. The van der Waals surface area contributed by atoms with E-state index in [4.69, 9.17) is 4.74 Å². The molecule has 11 heteroatoms. The molecule has 174 valence electrons. The highest BCUT2D eigenvalue weighted by Gasteiger charge is 2.30. The second kappa shape index (κ2) is 8.17. The molecule has 0 amide bonds. The lowest BCUT2D eigenvalue weighted by Crippen LogP contribution is -2.26. The zero-order valence-corrected chi connectivity index (χ0v) is 18.6. The largest absolute Gasteiger partial charge is 0.497 e. The van der Waals surface area contributed by atoms with Gasteiger partial charge in [-0.25, -0.2) is 13.9 Å². The summed E-state index contributed by atoms with van der Waals surface area (Å²) in [5.74, 6) is 0.778. The molecule has 5 rings (SSSR count).